The first-order valence-electron chi connectivity index (χ1n) is 8.79. The highest BCUT2D eigenvalue weighted by atomic mass is 127. The van der Waals surface area contributed by atoms with Crippen LogP contribution in [0.1, 0.15) is 17.5 Å². The fourth-order valence-corrected chi connectivity index (χ4v) is 3.71. The topological polar surface area (TPSA) is 87.8 Å². The monoisotopic (exact) mass is 512 g/mol. The van der Waals surface area contributed by atoms with E-state index in [0.29, 0.717) is 6.54 Å². The quantitative estimate of drug-likeness (QED) is 0.375. The van der Waals surface area contributed by atoms with Crippen molar-refractivity contribution in [3.63, 3.8) is 0 Å². The molecule has 3 N–H and O–H groups in total. The maximum Gasteiger partial charge on any atom is 0.238 e. The molecule has 1 heterocycles. The number of nitrogens with one attached hydrogen (secondary N) is 1. The standard InChI is InChI=1S/C20H24N4O2S.HI/c1-22-20(23-15-16-6-5-9-19(14-16)27(21,25)26)24-12-10-18(11-13-24)17-7-3-2-4-8-17;/h2-10,14H,11-13,15H2,1H3,(H,22,23)(H2,21,25,26);1H. The molecule has 3 rings (SSSR count). The second kappa shape index (κ2) is 10.0. The number of sulfonamides is 1. The zero-order valence-corrected chi connectivity index (χ0v) is 18.9. The van der Waals surface area contributed by atoms with E-state index in [2.05, 4.69) is 45.6 Å². The molecule has 150 valence electrons. The van der Waals surface area contributed by atoms with E-state index in [4.69, 9.17) is 5.14 Å². The molecule has 0 radical (unpaired) electrons. The zero-order valence-electron chi connectivity index (χ0n) is 15.7. The predicted molar refractivity (Wildman–Crippen MR) is 124 cm³/mol. The molecular formula is C20H25IN4O2S. The number of halogens is 1. The molecule has 1 aliphatic rings. The minimum atomic E-state index is -3.70. The van der Waals surface area contributed by atoms with Gasteiger partial charge in [-0.25, -0.2) is 13.6 Å². The summed E-state index contributed by atoms with van der Waals surface area (Å²) < 4.78 is 23.0. The summed E-state index contributed by atoms with van der Waals surface area (Å²) in [6.07, 6.45) is 3.18. The molecule has 0 unspecified atom stereocenters. The number of hydrogen-bond acceptors (Lipinski definition) is 3. The fourth-order valence-electron chi connectivity index (χ4n) is 3.12. The SMILES string of the molecule is CN=C(NCc1cccc(S(N)(=O)=O)c1)N1CC=C(c2ccccc2)CC1.I. The third-order valence-corrected chi connectivity index (χ3v) is 5.45. The van der Waals surface area contributed by atoms with Crippen molar-refractivity contribution in [3.05, 3.63) is 71.8 Å². The van der Waals surface area contributed by atoms with Gasteiger partial charge in [-0.3, -0.25) is 4.99 Å². The Morgan fingerprint density at radius 3 is 2.54 bits per heavy atom. The third-order valence-electron chi connectivity index (χ3n) is 4.54. The van der Waals surface area contributed by atoms with Crippen LogP contribution in [-0.2, 0) is 16.6 Å². The van der Waals surface area contributed by atoms with Crippen molar-refractivity contribution in [1.29, 1.82) is 0 Å². The maximum absolute atomic E-state index is 11.5. The van der Waals surface area contributed by atoms with E-state index in [1.54, 1.807) is 19.2 Å². The van der Waals surface area contributed by atoms with E-state index < -0.39 is 10.0 Å². The van der Waals surface area contributed by atoms with Gasteiger partial charge in [0.15, 0.2) is 5.96 Å². The van der Waals surface area contributed by atoms with E-state index in [0.717, 1.165) is 31.0 Å². The first-order chi connectivity index (χ1) is 13.0. The normalized spacial score (nSPS) is 14.9. The van der Waals surface area contributed by atoms with Crippen LogP contribution in [-0.4, -0.2) is 39.4 Å². The molecule has 6 nitrogen and oxygen atoms in total. The van der Waals surface area contributed by atoms with Gasteiger partial charge in [0, 0.05) is 26.7 Å². The molecule has 0 aliphatic carbocycles. The Hall–Kier alpha value is -1.91. The van der Waals surface area contributed by atoms with Gasteiger partial charge in [-0.1, -0.05) is 48.5 Å². The second-order valence-electron chi connectivity index (χ2n) is 6.38. The van der Waals surface area contributed by atoms with E-state index in [9.17, 15) is 8.42 Å². The molecule has 1 aliphatic heterocycles. The van der Waals surface area contributed by atoms with Crippen LogP contribution in [0.4, 0.5) is 0 Å². The largest absolute Gasteiger partial charge is 0.352 e. The minimum absolute atomic E-state index is 0. The van der Waals surface area contributed by atoms with Crippen LogP contribution < -0.4 is 10.5 Å². The predicted octanol–water partition coefficient (Wildman–Crippen LogP) is 2.82. The van der Waals surface area contributed by atoms with Crippen LogP contribution in [0.15, 0.2) is 70.6 Å². The summed E-state index contributed by atoms with van der Waals surface area (Å²) >= 11 is 0. The first kappa shape index (κ1) is 22.4. The van der Waals surface area contributed by atoms with Gasteiger partial charge in [-0.2, -0.15) is 0 Å². The van der Waals surface area contributed by atoms with Gasteiger partial charge < -0.3 is 10.2 Å². The van der Waals surface area contributed by atoms with Crippen LogP contribution in [0.3, 0.4) is 0 Å². The minimum Gasteiger partial charge on any atom is -0.352 e. The summed E-state index contributed by atoms with van der Waals surface area (Å²) in [4.78, 5) is 6.65. The average molecular weight is 512 g/mol. The molecule has 0 saturated heterocycles. The summed E-state index contributed by atoms with van der Waals surface area (Å²) in [7, 11) is -1.95. The molecule has 0 saturated carbocycles. The van der Waals surface area contributed by atoms with E-state index in [1.807, 2.05) is 12.1 Å². The number of nitrogens with two attached hydrogens (primary N) is 1. The van der Waals surface area contributed by atoms with Crippen LogP contribution in [0.25, 0.3) is 5.57 Å². The highest BCUT2D eigenvalue weighted by Gasteiger charge is 2.16. The lowest BCUT2D eigenvalue weighted by Crippen LogP contribution is -2.43. The molecule has 0 bridgehead atoms. The lowest BCUT2D eigenvalue weighted by Gasteiger charge is -2.30. The van der Waals surface area contributed by atoms with Crippen LogP contribution in [0.2, 0.25) is 0 Å². The number of hydrogen-bond donors (Lipinski definition) is 2. The van der Waals surface area contributed by atoms with Gasteiger partial charge in [0.1, 0.15) is 0 Å². The Bertz CT molecular complexity index is 959. The molecular weight excluding hydrogens is 487 g/mol. The molecule has 28 heavy (non-hydrogen) atoms. The van der Waals surface area contributed by atoms with Gasteiger partial charge in [0.2, 0.25) is 10.0 Å². The third kappa shape index (κ3) is 5.79. The van der Waals surface area contributed by atoms with E-state index in [-0.39, 0.29) is 28.9 Å². The molecule has 0 atom stereocenters. The van der Waals surface area contributed by atoms with E-state index >= 15 is 0 Å². The van der Waals surface area contributed by atoms with Crippen molar-refractivity contribution < 1.29 is 8.42 Å². The molecule has 0 amide bonds. The Balaban J connectivity index is 0.00000280. The van der Waals surface area contributed by atoms with Gasteiger partial charge in [0.05, 0.1) is 4.90 Å². The number of nitrogens with zero attached hydrogens (tertiary/aromatic N) is 2. The lowest BCUT2D eigenvalue weighted by molar-refractivity contribution is 0.440. The van der Waals surface area contributed by atoms with Gasteiger partial charge >= 0.3 is 0 Å². The Labute approximate surface area is 183 Å². The van der Waals surface area contributed by atoms with Crippen LogP contribution in [0.5, 0.6) is 0 Å². The first-order valence-corrected chi connectivity index (χ1v) is 10.3. The molecule has 0 spiro atoms. The number of primary sulfonamides is 1. The Kier molecular flexibility index (Phi) is 8.02. The molecule has 2 aromatic rings. The van der Waals surface area contributed by atoms with Crippen molar-refractivity contribution in [2.24, 2.45) is 10.1 Å². The summed E-state index contributed by atoms with van der Waals surface area (Å²) in [5.41, 5.74) is 3.45. The van der Waals surface area contributed by atoms with Crippen molar-refractivity contribution >= 4 is 45.5 Å². The molecule has 2 aromatic carbocycles. The molecule has 8 heteroatoms. The number of benzene rings is 2. The van der Waals surface area contributed by atoms with Crippen LogP contribution >= 0.6 is 24.0 Å². The van der Waals surface area contributed by atoms with Crippen LogP contribution in [0, 0.1) is 0 Å². The fraction of sp³-hybridized carbons (Fsp3) is 0.250. The Morgan fingerprint density at radius 1 is 1.18 bits per heavy atom. The summed E-state index contributed by atoms with van der Waals surface area (Å²) in [6, 6.07) is 17.0. The zero-order chi connectivity index (χ0) is 19.3. The number of aliphatic imine (C=N–C) groups is 1. The van der Waals surface area contributed by atoms with Gasteiger partial charge in [-0.15, -0.1) is 24.0 Å². The van der Waals surface area contributed by atoms with Crippen molar-refractivity contribution in [2.75, 3.05) is 20.1 Å². The molecule has 0 aromatic heterocycles. The highest BCUT2D eigenvalue weighted by Crippen LogP contribution is 2.22. The average Bonchev–Trinajstić information content (AvgIpc) is 2.69. The maximum atomic E-state index is 11.5. The van der Waals surface area contributed by atoms with Crippen molar-refractivity contribution in [2.45, 2.75) is 17.9 Å². The molecule has 0 fully saturated rings. The second-order valence-corrected chi connectivity index (χ2v) is 7.95. The Morgan fingerprint density at radius 2 is 1.93 bits per heavy atom. The van der Waals surface area contributed by atoms with Crippen molar-refractivity contribution in [1.82, 2.24) is 10.2 Å². The highest BCUT2D eigenvalue weighted by molar-refractivity contribution is 14.0. The number of guanidine groups is 1. The summed E-state index contributed by atoms with van der Waals surface area (Å²) in [5.74, 6) is 0.791. The summed E-state index contributed by atoms with van der Waals surface area (Å²) in [5, 5.41) is 8.50. The lowest BCUT2D eigenvalue weighted by atomic mass is 10.00. The smallest absolute Gasteiger partial charge is 0.238 e. The number of rotatable bonds is 4. The van der Waals surface area contributed by atoms with E-state index in [1.165, 1.54) is 17.2 Å². The van der Waals surface area contributed by atoms with Gasteiger partial charge in [0.25, 0.3) is 0 Å². The van der Waals surface area contributed by atoms with Crippen molar-refractivity contribution in [3.8, 4) is 0 Å². The van der Waals surface area contributed by atoms with Gasteiger partial charge in [-0.05, 0) is 35.3 Å². The summed E-state index contributed by atoms with van der Waals surface area (Å²) in [6.45, 7) is 2.13.